The van der Waals surface area contributed by atoms with Crippen molar-refractivity contribution in [1.29, 1.82) is 0 Å². The lowest BCUT2D eigenvalue weighted by molar-refractivity contribution is 0.628. The van der Waals surface area contributed by atoms with E-state index in [1.54, 1.807) is 34.2 Å². The topological polar surface area (TPSA) is 86.3 Å². The van der Waals surface area contributed by atoms with Crippen molar-refractivity contribution >= 4 is 11.6 Å². The minimum Gasteiger partial charge on any atom is -0.324 e. The zero-order chi connectivity index (χ0) is 22.1. The van der Waals surface area contributed by atoms with Gasteiger partial charge in [0.1, 0.15) is 18.0 Å². The summed E-state index contributed by atoms with van der Waals surface area (Å²) in [7, 11) is 1.82. The number of anilines is 2. The van der Waals surface area contributed by atoms with Crippen LogP contribution in [-0.4, -0.2) is 34.5 Å². The molecule has 3 heterocycles. The van der Waals surface area contributed by atoms with Gasteiger partial charge in [-0.15, -0.1) is 0 Å². The van der Waals surface area contributed by atoms with Crippen LogP contribution in [0, 0.1) is 12.7 Å². The number of hydrogen-bond acceptors (Lipinski definition) is 6. The Hall–Kier alpha value is -4.40. The number of hydrogen-bond donors (Lipinski definition) is 1. The Morgan fingerprint density at radius 1 is 0.906 bits per heavy atom. The van der Waals surface area contributed by atoms with Crippen LogP contribution in [0.2, 0.25) is 0 Å². The summed E-state index contributed by atoms with van der Waals surface area (Å²) in [6, 6.07) is 16.1. The lowest BCUT2D eigenvalue weighted by Gasteiger charge is -2.09. The number of rotatable bonds is 5. The second kappa shape index (κ2) is 8.03. The molecule has 0 amide bonds. The Bertz CT molecular complexity index is 1390. The molecule has 1 N–H and O–H groups in total. The van der Waals surface area contributed by atoms with Gasteiger partial charge in [-0.25, -0.2) is 24.0 Å². The van der Waals surface area contributed by atoms with Crippen molar-refractivity contribution in [2.24, 2.45) is 7.05 Å². The largest absolute Gasteiger partial charge is 0.324 e. The zero-order valence-corrected chi connectivity index (χ0v) is 17.4. The predicted molar refractivity (Wildman–Crippen MR) is 119 cm³/mol. The summed E-state index contributed by atoms with van der Waals surface area (Å²) in [4.78, 5) is 13.0. The van der Waals surface area contributed by atoms with Crippen LogP contribution < -0.4 is 5.32 Å². The van der Waals surface area contributed by atoms with Crippen LogP contribution in [0.25, 0.3) is 28.2 Å². The summed E-state index contributed by atoms with van der Waals surface area (Å²) < 4.78 is 17.8. The molecule has 0 radical (unpaired) electrons. The highest BCUT2D eigenvalue weighted by molar-refractivity contribution is 5.70. The fourth-order valence-electron chi connectivity index (χ4n) is 3.42. The van der Waals surface area contributed by atoms with E-state index in [1.165, 1.54) is 12.1 Å². The molecule has 3 aromatic heterocycles. The molecule has 0 saturated carbocycles. The van der Waals surface area contributed by atoms with E-state index < -0.39 is 0 Å². The van der Waals surface area contributed by atoms with E-state index in [4.69, 9.17) is 0 Å². The normalized spacial score (nSPS) is 11.0. The van der Waals surface area contributed by atoms with E-state index in [9.17, 15) is 4.39 Å². The Kier molecular flexibility index (Phi) is 4.91. The molecule has 0 fully saturated rings. The van der Waals surface area contributed by atoms with Crippen LogP contribution in [0.5, 0.6) is 0 Å². The highest BCUT2D eigenvalue weighted by Crippen LogP contribution is 2.27. The Morgan fingerprint density at radius 3 is 2.44 bits per heavy atom. The van der Waals surface area contributed by atoms with Crippen LogP contribution >= 0.6 is 0 Å². The third-order valence-electron chi connectivity index (χ3n) is 4.96. The number of aromatic nitrogens is 7. The van der Waals surface area contributed by atoms with Crippen molar-refractivity contribution in [3.05, 3.63) is 85.0 Å². The Morgan fingerprint density at radius 2 is 1.72 bits per heavy atom. The minimum atomic E-state index is -0.342. The summed E-state index contributed by atoms with van der Waals surface area (Å²) in [6.07, 6.45) is 5.00. The van der Waals surface area contributed by atoms with Crippen molar-refractivity contribution in [3.63, 3.8) is 0 Å². The van der Waals surface area contributed by atoms with Crippen LogP contribution in [0.1, 0.15) is 5.82 Å². The van der Waals surface area contributed by atoms with E-state index in [0.29, 0.717) is 23.0 Å². The van der Waals surface area contributed by atoms with Crippen LogP contribution in [0.4, 0.5) is 16.0 Å². The van der Waals surface area contributed by atoms with E-state index in [0.717, 1.165) is 22.6 Å². The molecule has 8 nitrogen and oxygen atoms in total. The first-order valence-electron chi connectivity index (χ1n) is 9.93. The standard InChI is InChI=1S/C23H19FN8/c1-15-26-14-32(30-15)20-5-3-19(4-6-20)28-23-25-9-7-21(29-23)16-11-17(13-18(24)12-16)22-8-10-27-31(22)2/h3-14H,1-2H3,(H,25,28,29). The number of halogens is 1. The molecule has 5 aromatic rings. The molecule has 0 unspecified atom stereocenters. The average Bonchev–Trinajstić information content (AvgIpc) is 3.42. The second-order valence-corrected chi connectivity index (χ2v) is 7.24. The van der Waals surface area contributed by atoms with Gasteiger partial charge in [-0.1, -0.05) is 0 Å². The molecular weight excluding hydrogens is 407 g/mol. The van der Waals surface area contributed by atoms with Crippen molar-refractivity contribution in [2.45, 2.75) is 6.92 Å². The van der Waals surface area contributed by atoms with Crippen molar-refractivity contribution in [3.8, 4) is 28.2 Å². The van der Waals surface area contributed by atoms with Gasteiger partial charge in [0.15, 0.2) is 0 Å². The SMILES string of the molecule is Cc1ncn(-c2ccc(Nc3nccc(-c4cc(F)cc(-c5ccnn5C)c4)n3)cc2)n1. The quantitative estimate of drug-likeness (QED) is 0.451. The van der Waals surface area contributed by atoms with Gasteiger partial charge in [-0.05, 0) is 61.5 Å². The molecule has 0 aliphatic carbocycles. The van der Waals surface area contributed by atoms with E-state index in [2.05, 4.69) is 30.5 Å². The monoisotopic (exact) mass is 426 g/mol. The van der Waals surface area contributed by atoms with Gasteiger partial charge in [0, 0.05) is 36.3 Å². The third kappa shape index (κ3) is 3.95. The van der Waals surface area contributed by atoms with Crippen molar-refractivity contribution in [2.75, 3.05) is 5.32 Å². The van der Waals surface area contributed by atoms with Crippen molar-refractivity contribution < 1.29 is 4.39 Å². The highest BCUT2D eigenvalue weighted by atomic mass is 19.1. The fraction of sp³-hybridized carbons (Fsp3) is 0.0870. The van der Waals surface area contributed by atoms with Gasteiger partial charge in [0.05, 0.1) is 17.1 Å². The lowest BCUT2D eigenvalue weighted by atomic mass is 10.1. The van der Waals surface area contributed by atoms with Gasteiger partial charge in [0.25, 0.3) is 0 Å². The minimum absolute atomic E-state index is 0.342. The maximum absolute atomic E-state index is 14.4. The first-order valence-corrected chi connectivity index (χ1v) is 9.93. The first kappa shape index (κ1) is 19.6. The third-order valence-corrected chi connectivity index (χ3v) is 4.96. The zero-order valence-electron chi connectivity index (χ0n) is 17.4. The molecule has 0 bridgehead atoms. The van der Waals surface area contributed by atoms with Gasteiger partial charge in [-0.2, -0.15) is 10.2 Å². The molecule has 0 aliphatic rings. The molecule has 0 aliphatic heterocycles. The van der Waals surface area contributed by atoms with Gasteiger partial charge in [-0.3, -0.25) is 4.68 Å². The van der Waals surface area contributed by atoms with Crippen LogP contribution in [-0.2, 0) is 7.05 Å². The predicted octanol–water partition coefficient (Wildman–Crippen LogP) is 4.32. The van der Waals surface area contributed by atoms with Crippen LogP contribution in [0.15, 0.2) is 73.3 Å². The maximum Gasteiger partial charge on any atom is 0.227 e. The molecule has 2 aromatic carbocycles. The summed E-state index contributed by atoms with van der Waals surface area (Å²) in [5, 5.41) is 11.7. The van der Waals surface area contributed by atoms with Gasteiger partial charge >= 0.3 is 0 Å². The number of nitrogens with zero attached hydrogens (tertiary/aromatic N) is 7. The van der Waals surface area contributed by atoms with Gasteiger partial charge < -0.3 is 5.32 Å². The Balaban J connectivity index is 1.41. The highest BCUT2D eigenvalue weighted by Gasteiger charge is 2.10. The number of aryl methyl sites for hydroxylation is 2. The van der Waals surface area contributed by atoms with E-state index in [1.807, 2.05) is 50.4 Å². The molecule has 158 valence electrons. The summed E-state index contributed by atoms with van der Waals surface area (Å²) in [5.41, 5.74) is 4.53. The van der Waals surface area contributed by atoms with E-state index in [-0.39, 0.29) is 5.82 Å². The molecule has 32 heavy (non-hydrogen) atoms. The molecular formula is C23H19FN8. The molecule has 5 rings (SSSR count). The van der Waals surface area contributed by atoms with Crippen molar-refractivity contribution in [1.82, 2.24) is 34.5 Å². The smallest absolute Gasteiger partial charge is 0.227 e. The second-order valence-electron chi connectivity index (χ2n) is 7.24. The molecule has 0 atom stereocenters. The lowest BCUT2D eigenvalue weighted by Crippen LogP contribution is -2.00. The fourth-order valence-corrected chi connectivity index (χ4v) is 3.42. The van der Waals surface area contributed by atoms with E-state index >= 15 is 0 Å². The van der Waals surface area contributed by atoms with Gasteiger partial charge in [0.2, 0.25) is 5.95 Å². The number of nitrogens with one attached hydrogen (secondary N) is 1. The maximum atomic E-state index is 14.4. The number of benzene rings is 2. The first-order chi connectivity index (χ1) is 15.5. The molecule has 9 heteroatoms. The summed E-state index contributed by atoms with van der Waals surface area (Å²) in [5.74, 6) is 0.783. The summed E-state index contributed by atoms with van der Waals surface area (Å²) in [6.45, 7) is 1.84. The average molecular weight is 426 g/mol. The van der Waals surface area contributed by atoms with Crippen LogP contribution in [0.3, 0.4) is 0 Å². The molecule has 0 saturated heterocycles. The summed E-state index contributed by atoms with van der Waals surface area (Å²) >= 11 is 0. The molecule has 0 spiro atoms. The Labute approximate surface area is 183 Å².